The van der Waals surface area contributed by atoms with Crippen LogP contribution in [0.1, 0.15) is 17.2 Å². The van der Waals surface area contributed by atoms with Gasteiger partial charge in [-0.2, -0.15) is 0 Å². The van der Waals surface area contributed by atoms with Gasteiger partial charge in [0.2, 0.25) is 0 Å². The molecule has 1 atom stereocenters. The summed E-state index contributed by atoms with van der Waals surface area (Å²) in [5.74, 6) is -0.960. The Balaban J connectivity index is 2.20. The van der Waals surface area contributed by atoms with Crippen LogP contribution in [0.5, 0.6) is 11.5 Å². The molecule has 1 amide bonds. The number of Topliss-reactive ketones (excluding diaryl/α,β-unsaturated/α-hetero) is 1. The molecule has 152 valence electrons. The largest absolute Gasteiger partial charge is 0.507 e. The maximum Gasteiger partial charge on any atom is 0.295 e. The van der Waals surface area contributed by atoms with Crippen LogP contribution in [0.15, 0.2) is 52.5 Å². The van der Waals surface area contributed by atoms with Crippen molar-refractivity contribution in [3.63, 3.8) is 0 Å². The molecule has 1 heterocycles. The molecule has 2 N–H and O–H groups in total. The van der Waals surface area contributed by atoms with Gasteiger partial charge in [0.05, 0.1) is 32.4 Å². The number of likely N-dealkylation sites (tertiary alicyclic amines) is 1. The van der Waals surface area contributed by atoms with Gasteiger partial charge in [0.1, 0.15) is 5.76 Å². The highest BCUT2D eigenvalue weighted by molar-refractivity contribution is 9.10. The van der Waals surface area contributed by atoms with Crippen LogP contribution < -0.4 is 9.47 Å². The molecule has 3 rings (SSSR count). The summed E-state index contributed by atoms with van der Waals surface area (Å²) in [6.45, 7) is -0.379. The number of hydrogen-bond donors (Lipinski definition) is 2. The summed E-state index contributed by atoms with van der Waals surface area (Å²) >= 11 is 3.33. The highest BCUT2D eigenvalue weighted by Gasteiger charge is 2.46. The average Bonchev–Trinajstić information content (AvgIpc) is 2.98. The first-order valence-electron chi connectivity index (χ1n) is 8.80. The van der Waals surface area contributed by atoms with Crippen molar-refractivity contribution in [2.45, 2.75) is 6.04 Å². The number of methoxy groups -OCH3 is 2. The minimum Gasteiger partial charge on any atom is -0.507 e. The molecule has 1 aliphatic heterocycles. The minimum absolute atomic E-state index is 0.0435. The number of ether oxygens (including phenoxy) is 2. The molecule has 0 aliphatic carbocycles. The van der Waals surface area contributed by atoms with Crippen molar-refractivity contribution in [2.75, 3.05) is 27.4 Å². The monoisotopic (exact) mass is 461 g/mol. The third kappa shape index (κ3) is 3.86. The Morgan fingerprint density at radius 1 is 1.07 bits per heavy atom. The Labute approximate surface area is 176 Å². The predicted octanol–water partition coefficient (Wildman–Crippen LogP) is 2.88. The molecule has 0 bridgehead atoms. The number of carbonyl (C=O) groups is 2. The summed E-state index contributed by atoms with van der Waals surface area (Å²) < 4.78 is 11.4. The highest BCUT2D eigenvalue weighted by atomic mass is 79.9. The molecule has 0 saturated carbocycles. The molecule has 29 heavy (non-hydrogen) atoms. The number of aliphatic hydroxyl groups is 2. The molecule has 2 aromatic rings. The zero-order valence-corrected chi connectivity index (χ0v) is 17.5. The molecule has 0 spiro atoms. The summed E-state index contributed by atoms with van der Waals surface area (Å²) in [5.41, 5.74) is 0.910. The lowest BCUT2D eigenvalue weighted by atomic mass is 9.95. The summed E-state index contributed by atoms with van der Waals surface area (Å²) in [4.78, 5) is 26.6. The van der Waals surface area contributed by atoms with Crippen LogP contribution >= 0.6 is 15.9 Å². The predicted molar refractivity (Wildman–Crippen MR) is 110 cm³/mol. The third-order valence-corrected chi connectivity index (χ3v) is 5.25. The van der Waals surface area contributed by atoms with Gasteiger partial charge in [-0.3, -0.25) is 9.59 Å². The van der Waals surface area contributed by atoms with Gasteiger partial charge in [-0.15, -0.1) is 0 Å². The maximum atomic E-state index is 12.8. The quantitative estimate of drug-likeness (QED) is 0.390. The smallest absolute Gasteiger partial charge is 0.295 e. The van der Waals surface area contributed by atoms with Crippen molar-refractivity contribution in [2.24, 2.45) is 0 Å². The number of aliphatic hydroxyl groups excluding tert-OH is 2. The molecule has 1 fully saturated rings. The van der Waals surface area contributed by atoms with Crippen molar-refractivity contribution in [3.05, 3.63) is 63.6 Å². The highest BCUT2D eigenvalue weighted by Crippen LogP contribution is 2.41. The van der Waals surface area contributed by atoms with Crippen molar-refractivity contribution in [1.29, 1.82) is 0 Å². The number of carbonyl (C=O) groups excluding carboxylic acids is 2. The van der Waals surface area contributed by atoms with Gasteiger partial charge in [0.15, 0.2) is 11.5 Å². The molecule has 7 nitrogen and oxygen atoms in total. The second-order valence-electron chi connectivity index (χ2n) is 6.34. The van der Waals surface area contributed by atoms with E-state index in [1.165, 1.54) is 19.1 Å². The van der Waals surface area contributed by atoms with Gasteiger partial charge < -0.3 is 24.6 Å². The zero-order valence-electron chi connectivity index (χ0n) is 15.9. The van der Waals surface area contributed by atoms with Crippen molar-refractivity contribution in [3.8, 4) is 11.5 Å². The van der Waals surface area contributed by atoms with Crippen LogP contribution in [0.4, 0.5) is 0 Å². The summed E-state index contributed by atoms with van der Waals surface area (Å²) in [6.07, 6.45) is 0. The van der Waals surface area contributed by atoms with E-state index in [9.17, 15) is 19.8 Å². The summed E-state index contributed by atoms with van der Waals surface area (Å²) in [5, 5.41) is 20.3. The van der Waals surface area contributed by atoms with Gasteiger partial charge in [-0.1, -0.05) is 34.1 Å². The standard InChI is InChI=1S/C21H20BrNO6/c1-28-15-8-5-13(11-16(15)29-2)18-17(20(26)21(27)23(18)9-10-24)19(25)12-3-6-14(22)7-4-12/h3-8,11,18,24-25H,9-10H2,1-2H3. The SMILES string of the molecule is COc1ccc(C2C(=C(O)c3ccc(Br)cc3)C(=O)C(=O)N2CCO)cc1OC. The van der Waals surface area contributed by atoms with E-state index in [1.54, 1.807) is 42.5 Å². The Morgan fingerprint density at radius 3 is 2.31 bits per heavy atom. The topological polar surface area (TPSA) is 96.3 Å². The van der Waals surface area contributed by atoms with Crippen molar-refractivity contribution in [1.82, 2.24) is 4.90 Å². The molecule has 1 aliphatic rings. The number of nitrogens with zero attached hydrogens (tertiary/aromatic N) is 1. The number of benzene rings is 2. The maximum absolute atomic E-state index is 12.8. The van der Waals surface area contributed by atoms with Gasteiger partial charge >= 0.3 is 0 Å². The Morgan fingerprint density at radius 2 is 1.72 bits per heavy atom. The number of halogens is 1. The fraction of sp³-hybridized carbons (Fsp3) is 0.238. The zero-order chi connectivity index (χ0) is 21.1. The molecular formula is C21H20BrNO6. The van der Waals surface area contributed by atoms with Gasteiger partial charge in [0, 0.05) is 16.6 Å². The van der Waals surface area contributed by atoms with E-state index in [0.717, 1.165) is 4.47 Å². The fourth-order valence-corrected chi connectivity index (χ4v) is 3.62. The number of rotatable bonds is 6. The average molecular weight is 462 g/mol. The Bertz CT molecular complexity index is 970. The van der Waals surface area contributed by atoms with E-state index >= 15 is 0 Å². The van der Waals surface area contributed by atoms with Crippen LogP contribution in [0.2, 0.25) is 0 Å². The number of hydrogen-bond acceptors (Lipinski definition) is 6. The molecule has 2 aromatic carbocycles. The minimum atomic E-state index is -0.870. The molecular weight excluding hydrogens is 442 g/mol. The van der Waals surface area contributed by atoms with Crippen molar-refractivity contribution < 1.29 is 29.3 Å². The molecule has 8 heteroatoms. The first-order valence-corrected chi connectivity index (χ1v) is 9.59. The lowest BCUT2D eigenvalue weighted by Gasteiger charge is -2.25. The summed E-state index contributed by atoms with van der Waals surface area (Å²) in [7, 11) is 2.98. The van der Waals surface area contributed by atoms with E-state index in [4.69, 9.17) is 9.47 Å². The Kier molecular flexibility index (Phi) is 6.24. The van der Waals surface area contributed by atoms with Gasteiger partial charge in [0.25, 0.3) is 11.7 Å². The Hall–Kier alpha value is -2.84. The number of ketones is 1. The number of β-amino-alcohol motifs (C(OH)–C–C–N with tert-alkyl or cyclic N) is 1. The van der Waals surface area contributed by atoms with Crippen LogP contribution in [0.3, 0.4) is 0 Å². The number of amides is 1. The van der Waals surface area contributed by atoms with Crippen LogP contribution in [-0.2, 0) is 9.59 Å². The van der Waals surface area contributed by atoms with Crippen molar-refractivity contribution >= 4 is 33.4 Å². The normalized spacial score (nSPS) is 18.2. The molecule has 0 radical (unpaired) electrons. The van der Waals surface area contributed by atoms with E-state index in [0.29, 0.717) is 22.6 Å². The van der Waals surface area contributed by atoms with Crippen LogP contribution in [-0.4, -0.2) is 54.2 Å². The van der Waals surface area contributed by atoms with Gasteiger partial charge in [-0.25, -0.2) is 0 Å². The van der Waals surface area contributed by atoms with Gasteiger partial charge in [-0.05, 0) is 29.8 Å². The van der Waals surface area contributed by atoms with E-state index < -0.39 is 17.7 Å². The first-order chi connectivity index (χ1) is 13.9. The van der Waals surface area contributed by atoms with E-state index in [2.05, 4.69) is 15.9 Å². The van der Waals surface area contributed by atoms with E-state index in [-0.39, 0.29) is 24.5 Å². The molecule has 1 saturated heterocycles. The second kappa shape index (κ2) is 8.67. The van der Waals surface area contributed by atoms with Crippen LogP contribution in [0, 0.1) is 0 Å². The second-order valence-corrected chi connectivity index (χ2v) is 7.25. The molecule has 0 aromatic heterocycles. The molecule has 1 unspecified atom stereocenters. The first kappa shape index (κ1) is 20.9. The third-order valence-electron chi connectivity index (χ3n) is 4.72. The lowest BCUT2D eigenvalue weighted by molar-refractivity contribution is -0.140. The van der Waals surface area contributed by atoms with Crippen LogP contribution in [0.25, 0.3) is 5.76 Å². The van der Waals surface area contributed by atoms with E-state index in [1.807, 2.05) is 0 Å². The lowest BCUT2D eigenvalue weighted by Crippen LogP contribution is -2.32. The fourth-order valence-electron chi connectivity index (χ4n) is 3.35. The summed E-state index contributed by atoms with van der Waals surface area (Å²) in [6, 6.07) is 10.9.